The third-order valence-corrected chi connectivity index (χ3v) is 1.93. The predicted molar refractivity (Wildman–Crippen MR) is 44.2 cm³/mol. The molecule has 0 radical (unpaired) electrons. The second kappa shape index (κ2) is 5.08. The monoisotopic (exact) mass is 237 g/mol. The first-order chi connectivity index (χ1) is 4.47. The first kappa shape index (κ1) is 11.4. The van der Waals surface area contributed by atoms with E-state index in [4.69, 9.17) is 0 Å². The molecule has 0 N–H and O–H groups in total. The van der Waals surface area contributed by atoms with Gasteiger partial charge in [0.1, 0.15) is 0 Å². The van der Waals surface area contributed by atoms with E-state index in [9.17, 15) is 0 Å². The Labute approximate surface area is 95.8 Å². The number of halogens is 1. The zero-order chi connectivity index (χ0) is 6.10. The Morgan fingerprint density at radius 1 is 1.27 bits per heavy atom. The molecule has 1 aromatic carbocycles. The van der Waals surface area contributed by atoms with Gasteiger partial charge in [0, 0.05) is 0 Å². The third-order valence-electron chi connectivity index (χ3n) is 1.19. The number of rotatable bonds is 0. The molecule has 0 amide bonds. The summed E-state index contributed by atoms with van der Waals surface area (Å²) >= 11 is 1.55. The summed E-state index contributed by atoms with van der Waals surface area (Å²) < 4.78 is 1.21. The minimum atomic E-state index is 0. The van der Waals surface area contributed by atoms with Crippen molar-refractivity contribution in [2.24, 2.45) is 0 Å². The van der Waals surface area contributed by atoms with Crippen LogP contribution in [0.25, 0.3) is 10.2 Å². The molecule has 0 saturated heterocycles. The third kappa shape index (κ3) is 2.40. The van der Waals surface area contributed by atoms with Crippen LogP contribution in [0.4, 0.5) is 0 Å². The summed E-state index contributed by atoms with van der Waals surface area (Å²) in [4.78, 5) is 4.01. The van der Waals surface area contributed by atoms with E-state index >= 15 is 0 Å². The van der Waals surface area contributed by atoms with Crippen LogP contribution in [0.5, 0.6) is 0 Å². The fourth-order valence-corrected chi connectivity index (χ4v) is 1.36. The quantitative estimate of drug-likeness (QED) is 0.412. The number of benzene rings is 1. The maximum atomic E-state index is 4.01. The van der Waals surface area contributed by atoms with Gasteiger partial charge in [0.2, 0.25) is 0 Å². The molecule has 2 aromatic rings. The number of hydrogen-bond donors (Lipinski definition) is 0. The van der Waals surface area contributed by atoms with Gasteiger partial charge in [0.15, 0.2) is 0 Å². The molecule has 52 valence electrons. The van der Waals surface area contributed by atoms with Crippen LogP contribution in [-0.2, 0) is 0 Å². The number of para-hydroxylation sites is 1. The second-order valence-electron chi connectivity index (χ2n) is 1.77. The second-order valence-corrected chi connectivity index (χ2v) is 2.60. The molecule has 0 spiro atoms. The van der Waals surface area contributed by atoms with Crippen LogP contribution in [0.3, 0.4) is 0 Å². The van der Waals surface area contributed by atoms with Crippen molar-refractivity contribution in [3.8, 4) is 0 Å². The van der Waals surface area contributed by atoms with Crippen molar-refractivity contribution in [3.05, 3.63) is 29.8 Å². The molecule has 1 nitrogen and oxygen atoms in total. The fraction of sp³-hybridized carbons (Fsp3) is 0. The van der Waals surface area contributed by atoms with Gasteiger partial charge in [-0.3, -0.25) is 11.3 Å². The van der Waals surface area contributed by atoms with Crippen LogP contribution in [0, 0.1) is 5.51 Å². The van der Waals surface area contributed by atoms with Gasteiger partial charge in [-0.2, -0.15) is 0 Å². The van der Waals surface area contributed by atoms with Crippen LogP contribution in [-0.4, -0.2) is 28.0 Å². The van der Waals surface area contributed by atoms with Gasteiger partial charge in [-0.25, -0.2) is 0 Å². The zero-order valence-corrected chi connectivity index (χ0v) is 9.57. The first-order valence-electron chi connectivity index (χ1n) is 2.68. The van der Waals surface area contributed by atoms with Crippen LogP contribution in [0.1, 0.15) is 0 Å². The Kier molecular flexibility index (Phi) is 5.25. The number of aromatic nitrogens is 1. The van der Waals surface area contributed by atoms with Crippen molar-refractivity contribution in [2.75, 3.05) is 0 Å². The summed E-state index contributed by atoms with van der Waals surface area (Å²) in [5, 5.41) is 0. The summed E-state index contributed by atoms with van der Waals surface area (Å²) in [5.41, 5.74) is 3.87. The van der Waals surface area contributed by atoms with E-state index in [2.05, 4.69) is 10.5 Å². The van der Waals surface area contributed by atoms with Crippen LogP contribution in [0.2, 0.25) is 0 Å². The van der Waals surface area contributed by atoms with Crippen molar-refractivity contribution in [2.45, 2.75) is 0 Å². The van der Waals surface area contributed by atoms with Gasteiger partial charge in [0.05, 0.1) is 0 Å². The average molecular weight is 238 g/mol. The average Bonchev–Trinajstić information content (AvgIpc) is 2.33. The van der Waals surface area contributed by atoms with Crippen molar-refractivity contribution < 1.29 is 17.0 Å². The minimum Gasteiger partial charge on any atom is -1.00 e. The van der Waals surface area contributed by atoms with Crippen molar-refractivity contribution in [1.29, 1.82) is 0 Å². The van der Waals surface area contributed by atoms with Gasteiger partial charge < -0.3 is 22.0 Å². The Balaban J connectivity index is 0.000000500. The normalized spacial score (nSPS) is 8.36. The van der Waals surface area contributed by atoms with Crippen LogP contribution >= 0.6 is 11.3 Å². The predicted octanol–water partition coefficient (Wildman–Crippen LogP) is -1.28. The molecule has 1 aromatic heterocycles. The van der Waals surface area contributed by atoms with Crippen molar-refractivity contribution in [3.63, 3.8) is 0 Å². The maximum absolute atomic E-state index is 4.01. The van der Waals surface area contributed by atoms with Gasteiger partial charge in [-0.1, -0.05) is 17.6 Å². The Hall–Kier alpha value is 0.356. The molecule has 0 saturated carbocycles. The largest absolute Gasteiger partial charge is 2.00 e. The van der Waals surface area contributed by atoms with E-state index in [-0.39, 0.29) is 40.0 Å². The van der Waals surface area contributed by atoms with E-state index in [0.717, 1.165) is 5.52 Å². The molecular formula is C7H4BrMgNS. The molecule has 0 aliphatic heterocycles. The summed E-state index contributed by atoms with van der Waals surface area (Å²) in [6, 6.07) is 8.02. The Morgan fingerprint density at radius 2 is 2.00 bits per heavy atom. The Morgan fingerprint density at radius 3 is 2.73 bits per heavy atom. The molecule has 1 heterocycles. The summed E-state index contributed by atoms with van der Waals surface area (Å²) in [6.45, 7) is 0. The zero-order valence-electron chi connectivity index (χ0n) is 5.75. The van der Waals surface area contributed by atoms with E-state index < -0.39 is 0 Å². The molecule has 0 unspecified atom stereocenters. The molecule has 11 heavy (non-hydrogen) atoms. The number of nitrogens with zero attached hydrogens (tertiary/aromatic N) is 1. The first-order valence-corrected chi connectivity index (χ1v) is 3.50. The molecule has 4 heteroatoms. The summed E-state index contributed by atoms with van der Waals surface area (Å²) in [7, 11) is 0. The smallest absolute Gasteiger partial charge is 1.00 e. The Bertz CT molecular complexity index is 292. The number of fused-ring (bicyclic) bond motifs is 1. The SMILES string of the molecule is [Br-].[Mg+2].[c-]1nc2ccccc2s1. The van der Waals surface area contributed by atoms with E-state index in [1.54, 1.807) is 11.3 Å². The van der Waals surface area contributed by atoms with Gasteiger partial charge in [0.25, 0.3) is 0 Å². The molecule has 2 rings (SSSR count). The van der Waals surface area contributed by atoms with Gasteiger partial charge >= 0.3 is 23.1 Å². The molecule has 0 bridgehead atoms. The standard InChI is InChI=1S/C7H4NS.BrH.Mg/c1-2-4-7-6(3-1)8-5-9-7;;/h1-4H;1H;/q-1;;+2/p-1. The minimum absolute atomic E-state index is 0. The maximum Gasteiger partial charge on any atom is 2.00 e. The van der Waals surface area contributed by atoms with Crippen molar-refractivity contribution in [1.82, 2.24) is 4.98 Å². The fourth-order valence-electron chi connectivity index (χ4n) is 0.757. The van der Waals surface area contributed by atoms with E-state index in [1.807, 2.05) is 24.3 Å². The summed E-state index contributed by atoms with van der Waals surface area (Å²) in [5.74, 6) is 0. The van der Waals surface area contributed by atoms with Gasteiger partial charge in [-0.15, -0.1) is 16.8 Å². The van der Waals surface area contributed by atoms with E-state index in [1.165, 1.54) is 4.70 Å². The molecular weight excluding hydrogens is 234 g/mol. The molecule has 0 fully saturated rings. The topological polar surface area (TPSA) is 12.9 Å². The molecule has 0 atom stereocenters. The molecule has 0 aliphatic carbocycles. The summed E-state index contributed by atoms with van der Waals surface area (Å²) in [6.07, 6.45) is 0. The van der Waals surface area contributed by atoms with Crippen molar-refractivity contribution >= 4 is 44.6 Å². The number of thiazole rings is 1. The van der Waals surface area contributed by atoms with E-state index in [0.29, 0.717) is 0 Å². The van der Waals surface area contributed by atoms with Crippen LogP contribution < -0.4 is 17.0 Å². The van der Waals surface area contributed by atoms with Gasteiger partial charge in [-0.05, 0) is 5.51 Å². The van der Waals surface area contributed by atoms with Crippen LogP contribution in [0.15, 0.2) is 24.3 Å². The number of hydrogen-bond acceptors (Lipinski definition) is 2. The molecule has 0 aliphatic rings.